The van der Waals surface area contributed by atoms with Crippen molar-refractivity contribution in [1.29, 1.82) is 0 Å². The van der Waals surface area contributed by atoms with Gasteiger partial charge in [-0.05, 0) is 18.6 Å². The first-order valence-corrected chi connectivity index (χ1v) is 8.70. The number of fused-ring (bicyclic) bond motifs is 1. The van der Waals surface area contributed by atoms with E-state index in [4.69, 9.17) is 12.2 Å². The monoisotopic (exact) mass is 360 g/mol. The smallest absolute Gasteiger partial charge is 0.326 e. The molecule has 2 aromatic rings. The van der Waals surface area contributed by atoms with Crippen molar-refractivity contribution in [1.82, 2.24) is 9.47 Å². The van der Waals surface area contributed by atoms with E-state index in [2.05, 4.69) is 0 Å². The van der Waals surface area contributed by atoms with Crippen LogP contribution in [0.2, 0.25) is 0 Å². The molecule has 0 spiro atoms. The molecule has 1 aliphatic heterocycles. The molecule has 0 radical (unpaired) electrons. The van der Waals surface area contributed by atoms with Gasteiger partial charge >= 0.3 is 5.97 Å². The second-order valence-electron chi connectivity index (χ2n) is 5.53. The summed E-state index contributed by atoms with van der Waals surface area (Å²) in [5, 5.41) is 10.3. The quantitative estimate of drug-likeness (QED) is 0.670. The fraction of sp³-hybridized carbons (Fsp3) is 0.235. The number of rotatable bonds is 4. The Bertz CT molecular complexity index is 885. The number of aromatic nitrogens is 1. The number of benzene rings is 1. The Labute approximate surface area is 148 Å². The van der Waals surface area contributed by atoms with Crippen molar-refractivity contribution in [2.24, 2.45) is 7.05 Å². The van der Waals surface area contributed by atoms with E-state index in [1.54, 1.807) is 13.0 Å². The van der Waals surface area contributed by atoms with Crippen molar-refractivity contribution in [3.8, 4) is 0 Å². The molecule has 1 amide bonds. The SMILES string of the molecule is CC[C@H](C(=O)O)N1C(=O)/C(=C/c2cn(C)c3ccccc23)SC1=S. The second-order valence-corrected chi connectivity index (χ2v) is 7.20. The maximum absolute atomic E-state index is 12.6. The maximum atomic E-state index is 12.6. The van der Waals surface area contributed by atoms with Crippen LogP contribution >= 0.6 is 24.0 Å². The summed E-state index contributed by atoms with van der Waals surface area (Å²) in [5.74, 6) is -1.38. The van der Waals surface area contributed by atoms with Gasteiger partial charge in [0.15, 0.2) is 0 Å². The predicted molar refractivity (Wildman–Crippen MR) is 99.6 cm³/mol. The van der Waals surface area contributed by atoms with E-state index in [1.807, 2.05) is 42.1 Å². The molecule has 1 aromatic heterocycles. The summed E-state index contributed by atoms with van der Waals surface area (Å²) >= 11 is 6.38. The Balaban J connectivity index is 2.01. The van der Waals surface area contributed by atoms with Crippen molar-refractivity contribution in [3.05, 3.63) is 40.9 Å². The fourth-order valence-electron chi connectivity index (χ4n) is 2.85. The van der Waals surface area contributed by atoms with Crippen LogP contribution in [0.15, 0.2) is 35.4 Å². The molecule has 0 unspecified atom stereocenters. The van der Waals surface area contributed by atoms with E-state index >= 15 is 0 Å². The molecule has 2 heterocycles. The zero-order valence-electron chi connectivity index (χ0n) is 13.2. The summed E-state index contributed by atoms with van der Waals surface area (Å²) in [5.41, 5.74) is 1.98. The van der Waals surface area contributed by atoms with Gasteiger partial charge in [-0.15, -0.1) is 0 Å². The number of thiocarbonyl (C=S) groups is 1. The van der Waals surface area contributed by atoms with Crippen LogP contribution in [-0.2, 0) is 16.6 Å². The van der Waals surface area contributed by atoms with Gasteiger partial charge in [0.1, 0.15) is 10.4 Å². The maximum Gasteiger partial charge on any atom is 0.326 e. The van der Waals surface area contributed by atoms with E-state index in [0.717, 1.165) is 28.2 Å². The Morgan fingerprint density at radius 2 is 2.12 bits per heavy atom. The predicted octanol–water partition coefficient (Wildman–Crippen LogP) is 3.24. The highest BCUT2D eigenvalue weighted by atomic mass is 32.2. The van der Waals surface area contributed by atoms with Gasteiger partial charge in [-0.1, -0.05) is 49.1 Å². The van der Waals surface area contributed by atoms with Crippen LogP contribution < -0.4 is 0 Å². The van der Waals surface area contributed by atoms with Crippen LogP contribution in [0.1, 0.15) is 18.9 Å². The lowest BCUT2D eigenvalue weighted by atomic mass is 10.1. The first kappa shape index (κ1) is 16.7. The van der Waals surface area contributed by atoms with E-state index < -0.39 is 12.0 Å². The minimum Gasteiger partial charge on any atom is -0.480 e. The largest absolute Gasteiger partial charge is 0.480 e. The number of aryl methyl sites for hydroxylation is 1. The van der Waals surface area contributed by atoms with Gasteiger partial charge in [-0.2, -0.15) is 0 Å². The number of aliphatic carboxylic acids is 1. The lowest BCUT2D eigenvalue weighted by molar-refractivity contribution is -0.145. The zero-order valence-corrected chi connectivity index (χ0v) is 14.9. The zero-order chi connectivity index (χ0) is 17.4. The number of carbonyl (C=O) groups excluding carboxylic acids is 1. The highest BCUT2D eigenvalue weighted by molar-refractivity contribution is 8.26. The van der Waals surface area contributed by atoms with Crippen LogP contribution in [0.25, 0.3) is 17.0 Å². The van der Waals surface area contributed by atoms with Crippen molar-refractivity contribution in [3.63, 3.8) is 0 Å². The third-order valence-electron chi connectivity index (χ3n) is 4.02. The molecule has 0 saturated carbocycles. The lowest BCUT2D eigenvalue weighted by Crippen LogP contribution is -2.43. The molecule has 1 N–H and O–H groups in total. The number of hydrogen-bond acceptors (Lipinski definition) is 4. The van der Waals surface area contributed by atoms with Gasteiger partial charge in [-0.3, -0.25) is 9.69 Å². The van der Waals surface area contributed by atoms with Gasteiger partial charge in [-0.25, -0.2) is 4.79 Å². The highest BCUT2D eigenvalue weighted by Gasteiger charge is 2.39. The van der Waals surface area contributed by atoms with Crippen LogP contribution in [0, 0.1) is 0 Å². The lowest BCUT2D eigenvalue weighted by Gasteiger charge is -2.21. The topological polar surface area (TPSA) is 62.5 Å². The first-order chi connectivity index (χ1) is 11.4. The van der Waals surface area contributed by atoms with Gasteiger partial charge in [0.25, 0.3) is 5.91 Å². The number of carboxylic acids is 1. The number of hydrogen-bond donors (Lipinski definition) is 1. The van der Waals surface area contributed by atoms with Crippen molar-refractivity contribution in [2.75, 3.05) is 0 Å². The highest BCUT2D eigenvalue weighted by Crippen LogP contribution is 2.35. The number of para-hydroxylation sites is 1. The molecule has 24 heavy (non-hydrogen) atoms. The van der Waals surface area contributed by atoms with E-state index in [1.165, 1.54) is 4.90 Å². The van der Waals surface area contributed by atoms with Crippen LogP contribution in [-0.4, -0.2) is 36.8 Å². The molecule has 1 saturated heterocycles. The molecule has 1 fully saturated rings. The number of amides is 1. The number of nitrogens with zero attached hydrogens (tertiary/aromatic N) is 2. The van der Waals surface area contributed by atoms with Crippen LogP contribution in [0.3, 0.4) is 0 Å². The van der Waals surface area contributed by atoms with Gasteiger partial charge < -0.3 is 9.67 Å². The average Bonchev–Trinajstić information content (AvgIpc) is 3.00. The minimum atomic E-state index is -1.04. The first-order valence-electron chi connectivity index (χ1n) is 7.48. The standard InChI is InChI=1S/C17H16N2O3S2/c1-3-12(16(21)22)19-15(20)14(24-17(19)23)8-10-9-18(2)13-7-5-4-6-11(10)13/h4-9,12H,3H2,1-2H3,(H,21,22)/b14-8-/t12-/m1/s1. The molecule has 0 bridgehead atoms. The summed E-state index contributed by atoms with van der Waals surface area (Å²) in [6.07, 6.45) is 4.05. The van der Waals surface area contributed by atoms with Crippen LogP contribution in [0.5, 0.6) is 0 Å². The molecule has 7 heteroatoms. The van der Waals surface area contributed by atoms with Gasteiger partial charge in [0.2, 0.25) is 0 Å². The molecule has 1 aromatic carbocycles. The Morgan fingerprint density at radius 3 is 2.79 bits per heavy atom. The molecule has 5 nitrogen and oxygen atoms in total. The molecule has 124 valence electrons. The summed E-state index contributed by atoms with van der Waals surface area (Å²) in [6.45, 7) is 1.73. The molecular formula is C17H16N2O3S2. The molecule has 3 rings (SSSR count). The molecule has 1 aliphatic rings. The Hall–Kier alpha value is -2.12. The summed E-state index contributed by atoms with van der Waals surface area (Å²) in [7, 11) is 1.95. The average molecular weight is 360 g/mol. The summed E-state index contributed by atoms with van der Waals surface area (Å²) in [6, 6.07) is 6.99. The van der Waals surface area contributed by atoms with E-state index in [9.17, 15) is 14.7 Å². The Kier molecular flexibility index (Phi) is 4.47. The van der Waals surface area contributed by atoms with Crippen molar-refractivity contribution >= 4 is 57.2 Å². The fourth-order valence-corrected chi connectivity index (χ4v) is 4.19. The molecule has 1 atom stereocenters. The summed E-state index contributed by atoms with van der Waals surface area (Å²) < 4.78 is 2.29. The van der Waals surface area contributed by atoms with Crippen molar-refractivity contribution in [2.45, 2.75) is 19.4 Å². The minimum absolute atomic E-state index is 0.292. The number of carboxylic acid groups (broad SMARTS) is 1. The molecular weight excluding hydrogens is 344 g/mol. The Morgan fingerprint density at radius 1 is 1.42 bits per heavy atom. The normalized spacial score (nSPS) is 17.9. The number of carbonyl (C=O) groups is 2. The van der Waals surface area contributed by atoms with Gasteiger partial charge in [0.05, 0.1) is 4.91 Å². The summed E-state index contributed by atoms with van der Waals surface area (Å²) in [4.78, 5) is 25.7. The third-order valence-corrected chi connectivity index (χ3v) is 5.35. The van der Waals surface area contributed by atoms with Crippen molar-refractivity contribution < 1.29 is 14.7 Å². The number of thioether (sulfide) groups is 1. The molecule has 0 aliphatic carbocycles. The third kappa shape index (κ3) is 2.74. The van der Waals surface area contributed by atoms with E-state index in [0.29, 0.717) is 15.6 Å². The van der Waals surface area contributed by atoms with Gasteiger partial charge in [0, 0.05) is 29.7 Å². The second kappa shape index (κ2) is 6.41. The van der Waals surface area contributed by atoms with E-state index in [-0.39, 0.29) is 5.91 Å². The van der Waals surface area contributed by atoms with Crippen LogP contribution in [0.4, 0.5) is 0 Å².